The molecule has 2 nitrogen and oxygen atoms in total. The Morgan fingerprint density at radius 1 is 1.19 bits per heavy atom. The fourth-order valence-corrected chi connectivity index (χ4v) is 1.48. The van der Waals surface area contributed by atoms with Gasteiger partial charge in [-0.3, -0.25) is 4.98 Å². The molecule has 2 rings (SSSR count). The molecule has 1 N–H and O–H groups in total. The van der Waals surface area contributed by atoms with Gasteiger partial charge in [-0.15, -0.1) is 0 Å². The minimum Gasteiger partial charge on any atom is -0.304 e. The fraction of sp³-hybridized carbons (Fsp3) is 0.0769. The van der Waals surface area contributed by atoms with Crippen molar-refractivity contribution < 1.29 is 4.39 Å². The fourth-order valence-electron chi connectivity index (χ4n) is 1.48. The quantitative estimate of drug-likeness (QED) is 0.783. The third-order valence-corrected chi connectivity index (χ3v) is 2.30. The molecule has 0 saturated carbocycles. The van der Waals surface area contributed by atoms with E-state index in [0.29, 0.717) is 17.7 Å². The molecule has 0 bridgehead atoms. The molecule has 0 atom stereocenters. The van der Waals surface area contributed by atoms with Crippen LogP contribution in [0.1, 0.15) is 11.1 Å². The maximum atomic E-state index is 13.0. The summed E-state index contributed by atoms with van der Waals surface area (Å²) in [4.78, 5) is 3.91. The minimum absolute atomic E-state index is 0.308. The van der Waals surface area contributed by atoms with Crippen molar-refractivity contribution in [1.29, 1.82) is 5.41 Å². The van der Waals surface area contributed by atoms with Crippen molar-refractivity contribution in [3.8, 4) is 0 Å². The molecule has 1 aromatic heterocycles. The summed E-state index contributed by atoms with van der Waals surface area (Å²) in [6.07, 6.45) is 3.87. The van der Waals surface area contributed by atoms with Gasteiger partial charge in [-0.05, 0) is 35.4 Å². The van der Waals surface area contributed by atoms with Gasteiger partial charge in [-0.1, -0.05) is 12.1 Å². The van der Waals surface area contributed by atoms with Crippen LogP contribution in [0.15, 0.2) is 48.8 Å². The lowest BCUT2D eigenvalue weighted by Gasteiger charge is -2.04. The molecule has 1 aromatic carbocycles. The summed E-state index contributed by atoms with van der Waals surface area (Å²) in [5.41, 5.74) is 2.03. The van der Waals surface area contributed by atoms with Crippen LogP contribution in [0.2, 0.25) is 0 Å². The normalized spacial score (nSPS) is 10.1. The highest BCUT2D eigenvalue weighted by Gasteiger charge is 2.03. The lowest BCUT2D eigenvalue weighted by atomic mass is 10.0. The molecular weight excluding hydrogens is 203 g/mol. The Hall–Kier alpha value is -2.03. The van der Waals surface area contributed by atoms with Gasteiger partial charge >= 0.3 is 0 Å². The number of aromatic nitrogens is 1. The average molecular weight is 214 g/mol. The van der Waals surface area contributed by atoms with E-state index in [9.17, 15) is 4.39 Å². The van der Waals surface area contributed by atoms with Gasteiger partial charge in [-0.25, -0.2) is 4.39 Å². The number of hydrogen-bond donors (Lipinski definition) is 1. The maximum Gasteiger partial charge on any atom is 0.123 e. The Balaban J connectivity index is 2.15. The SMILES string of the molecule is N=C(Cc1ccncc1)c1cccc(F)c1. The van der Waals surface area contributed by atoms with E-state index in [-0.39, 0.29) is 5.82 Å². The molecular formula is C13H11FN2. The number of halogens is 1. The third-order valence-electron chi connectivity index (χ3n) is 2.30. The Morgan fingerprint density at radius 3 is 2.62 bits per heavy atom. The lowest BCUT2D eigenvalue weighted by Crippen LogP contribution is -2.03. The highest BCUT2D eigenvalue weighted by atomic mass is 19.1. The lowest BCUT2D eigenvalue weighted by molar-refractivity contribution is 0.627. The van der Waals surface area contributed by atoms with Gasteiger partial charge in [-0.2, -0.15) is 0 Å². The zero-order chi connectivity index (χ0) is 11.4. The van der Waals surface area contributed by atoms with Crippen LogP contribution >= 0.6 is 0 Å². The molecule has 80 valence electrons. The minimum atomic E-state index is -0.308. The second kappa shape index (κ2) is 4.66. The van der Waals surface area contributed by atoms with Crippen LogP contribution in [0, 0.1) is 11.2 Å². The summed E-state index contributed by atoms with van der Waals surface area (Å²) in [6, 6.07) is 9.83. The number of rotatable bonds is 3. The van der Waals surface area contributed by atoms with E-state index in [1.54, 1.807) is 24.5 Å². The van der Waals surface area contributed by atoms with Gasteiger partial charge in [0.2, 0.25) is 0 Å². The number of nitrogens with one attached hydrogen (secondary N) is 1. The zero-order valence-corrected chi connectivity index (χ0v) is 8.65. The molecule has 0 amide bonds. The smallest absolute Gasteiger partial charge is 0.123 e. The van der Waals surface area contributed by atoms with Gasteiger partial charge in [0.15, 0.2) is 0 Å². The Morgan fingerprint density at radius 2 is 1.94 bits per heavy atom. The second-order valence-corrected chi connectivity index (χ2v) is 3.52. The molecule has 16 heavy (non-hydrogen) atoms. The van der Waals surface area contributed by atoms with Crippen LogP contribution in [0.3, 0.4) is 0 Å². The summed E-state index contributed by atoms with van der Waals surface area (Å²) >= 11 is 0. The van der Waals surface area contributed by atoms with Crippen molar-refractivity contribution in [3.63, 3.8) is 0 Å². The zero-order valence-electron chi connectivity index (χ0n) is 8.65. The molecule has 0 saturated heterocycles. The first-order chi connectivity index (χ1) is 7.75. The molecule has 0 spiro atoms. The number of benzene rings is 1. The molecule has 0 radical (unpaired) electrons. The summed E-state index contributed by atoms with van der Waals surface area (Å²) in [7, 11) is 0. The van der Waals surface area contributed by atoms with Crippen LogP contribution < -0.4 is 0 Å². The summed E-state index contributed by atoms with van der Waals surface area (Å²) in [5.74, 6) is -0.308. The summed E-state index contributed by atoms with van der Waals surface area (Å²) < 4.78 is 13.0. The molecule has 1 heterocycles. The van der Waals surface area contributed by atoms with Crippen molar-refractivity contribution in [1.82, 2.24) is 4.98 Å². The predicted octanol–water partition coefficient (Wildman–Crippen LogP) is 2.83. The largest absolute Gasteiger partial charge is 0.304 e. The first-order valence-corrected chi connectivity index (χ1v) is 4.98. The monoisotopic (exact) mass is 214 g/mol. The van der Waals surface area contributed by atoms with Gasteiger partial charge in [0.05, 0.1) is 0 Å². The number of hydrogen-bond acceptors (Lipinski definition) is 2. The van der Waals surface area contributed by atoms with Gasteiger partial charge in [0.1, 0.15) is 5.82 Å². The topological polar surface area (TPSA) is 36.7 Å². The predicted molar refractivity (Wildman–Crippen MR) is 61.2 cm³/mol. The number of nitrogens with zero attached hydrogens (tertiary/aromatic N) is 1. The van der Waals surface area contributed by atoms with E-state index in [1.165, 1.54) is 12.1 Å². The second-order valence-electron chi connectivity index (χ2n) is 3.52. The molecule has 0 aliphatic carbocycles. The van der Waals surface area contributed by atoms with Gasteiger partial charge in [0, 0.05) is 24.5 Å². The van der Waals surface area contributed by atoms with Crippen LogP contribution in [-0.4, -0.2) is 10.7 Å². The highest BCUT2D eigenvalue weighted by Crippen LogP contribution is 2.08. The van der Waals surface area contributed by atoms with Crippen LogP contribution in [0.4, 0.5) is 4.39 Å². The summed E-state index contributed by atoms with van der Waals surface area (Å²) in [5, 5.41) is 7.88. The first kappa shape index (κ1) is 10.5. The van der Waals surface area contributed by atoms with Crippen molar-refractivity contribution in [3.05, 3.63) is 65.7 Å². The Kier molecular flexibility index (Phi) is 3.05. The molecule has 3 heteroatoms. The Labute approximate surface area is 93.3 Å². The van der Waals surface area contributed by atoms with Gasteiger partial charge in [0.25, 0.3) is 0 Å². The van der Waals surface area contributed by atoms with Gasteiger partial charge < -0.3 is 5.41 Å². The standard InChI is InChI=1S/C13H11FN2/c14-12-3-1-2-11(9-12)13(15)8-10-4-6-16-7-5-10/h1-7,9,15H,8H2. The first-order valence-electron chi connectivity index (χ1n) is 4.98. The highest BCUT2D eigenvalue weighted by molar-refractivity contribution is 5.99. The van der Waals surface area contributed by atoms with E-state index in [2.05, 4.69) is 4.98 Å². The van der Waals surface area contributed by atoms with E-state index in [0.717, 1.165) is 5.56 Å². The molecule has 0 fully saturated rings. The van der Waals surface area contributed by atoms with E-state index < -0.39 is 0 Å². The Bertz CT molecular complexity index is 494. The average Bonchev–Trinajstić information content (AvgIpc) is 2.30. The van der Waals surface area contributed by atoms with Crippen LogP contribution in [0.5, 0.6) is 0 Å². The van der Waals surface area contributed by atoms with E-state index in [4.69, 9.17) is 5.41 Å². The third kappa shape index (κ3) is 2.51. The van der Waals surface area contributed by atoms with Crippen molar-refractivity contribution in [2.45, 2.75) is 6.42 Å². The van der Waals surface area contributed by atoms with E-state index >= 15 is 0 Å². The molecule has 0 aliphatic heterocycles. The van der Waals surface area contributed by atoms with Crippen molar-refractivity contribution in [2.24, 2.45) is 0 Å². The maximum absolute atomic E-state index is 13.0. The molecule has 2 aromatic rings. The van der Waals surface area contributed by atoms with E-state index in [1.807, 2.05) is 12.1 Å². The van der Waals surface area contributed by atoms with Crippen LogP contribution in [-0.2, 0) is 6.42 Å². The molecule has 0 unspecified atom stereocenters. The number of pyridine rings is 1. The van der Waals surface area contributed by atoms with Crippen molar-refractivity contribution >= 4 is 5.71 Å². The molecule has 0 aliphatic rings. The van der Waals surface area contributed by atoms with Crippen LogP contribution in [0.25, 0.3) is 0 Å². The van der Waals surface area contributed by atoms with Crippen molar-refractivity contribution in [2.75, 3.05) is 0 Å². The summed E-state index contributed by atoms with van der Waals surface area (Å²) in [6.45, 7) is 0.